The van der Waals surface area contributed by atoms with Crippen LogP contribution in [0, 0.1) is 5.92 Å². The van der Waals surface area contributed by atoms with Gasteiger partial charge < -0.3 is 0 Å². The molecule has 0 aliphatic heterocycles. The molecule has 6 nitrogen and oxygen atoms in total. The summed E-state index contributed by atoms with van der Waals surface area (Å²) in [5, 5.41) is 6.27. The predicted molar refractivity (Wildman–Crippen MR) is 61.5 cm³/mol. The number of aromatic amines is 1. The normalized spacial score (nSPS) is 14.2. The van der Waals surface area contributed by atoms with E-state index in [-0.39, 0.29) is 18.2 Å². The lowest BCUT2D eigenvalue weighted by Crippen LogP contribution is -2.31. The van der Waals surface area contributed by atoms with E-state index in [1.165, 1.54) is 17.7 Å². The molecule has 1 aromatic rings. The summed E-state index contributed by atoms with van der Waals surface area (Å²) in [5.41, 5.74) is 0. The van der Waals surface area contributed by atoms with E-state index >= 15 is 0 Å². The largest absolute Gasteiger partial charge is 0.262 e. The smallest absolute Gasteiger partial charge is 0.214 e. The van der Waals surface area contributed by atoms with Crippen molar-refractivity contribution >= 4 is 21.6 Å². The molecule has 1 aromatic heterocycles. The van der Waals surface area contributed by atoms with Crippen LogP contribution in [-0.2, 0) is 16.6 Å². The Bertz CT molecular complexity index is 406. The Hall–Kier alpha value is -0.660. The van der Waals surface area contributed by atoms with Crippen molar-refractivity contribution in [3.63, 3.8) is 0 Å². The fourth-order valence-electron chi connectivity index (χ4n) is 1.15. The summed E-state index contributed by atoms with van der Waals surface area (Å²) < 4.78 is 24.9. The van der Waals surface area contributed by atoms with Crippen LogP contribution in [0.25, 0.3) is 0 Å². The van der Waals surface area contributed by atoms with Gasteiger partial charge in [-0.1, -0.05) is 6.92 Å². The highest BCUT2D eigenvalue weighted by molar-refractivity contribution is 7.89. The van der Waals surface area contributed by atoms with E-state index < -0.39 is 10.0 Å². The van der Waals surface area contributed by atoms with E-state index in [2.05, 4.69) is 15.2 Å². The quantitative estimate of drug-likeness (QED) is 0.758. The topological polar surface area (TPSA) is 79.0 Å². The fourth-order valence-corrected chi connectivity index (χ4v) is 2.80. The van der Waals surface area contributed by atoms with Crippen LogP contribution in [0.4, 0.5) is 0 Å². The highest BCUT2D eigenvalue weighted by Gasteiger charge is 2.21. The number of hydrogen-bond donors (Lipinski definition) is 1. The van der Waals surface area contributed by atoms with Crippen molar-refractivity contribution in [3.05, 3.63) is 12.2 Å². The molecule has 0 amide bonds. The summed E-state index contributed by atoms with van der Waals surface area (Å²) in [4.78, 5) is 3.87. The van der Waals surface area contributed by atoms with E-state index in [0.717, 1.165) is 0 Å². The van der Waals surface area contributed by atoms with E-state index in [1.54, 1.807) is 6.92 Å². The van der Waals surface area contributed by atoms with Crippen LogP contribution in [-0.4, -0.2) is 46.6 Å². The zero-order valence-corrected chi connectivity index (χ0v) is 10.8. The Morgan fingerprint density at radius 1 is 1.62 bits per heavy atom. The van der Waals surface area contributed by atoms with Gasteiger partial charge in [-0.15, -0.1) is 11.6 Å². The minimum Gasteiger partial charge on any atom is -0.262 e. The highest BCUT2D eigenvalue weighted by atomic mass is 35.5. The van der Waals surface area contributed by atoms with Gasteiger partial charge in [0.1, 0.15) is 12.2 Å². The standard InChI is InChI=1S/C8H15ClN4O2S/c1-7(3-9)5-16(14,15)13(2)4-8-10-6-11-12-8/h6-7H,3-5H2,1-2H3,(H,10,11,12). The Labute approximate surface area is 100 Å². The first kappa shape index (κ1) is 13.4. The van der Waals surface area contributed by atoms with Crippen LogP contribution >= 0.6 is 11.6 Å². The van der Waals surface area contributed by atoms with Crippen LogP contribution in [0.1, 0.15) is 12.7 Å². The van der Waals surface area contributed by atoms with Gasteiger partial charge in [0.25, 0.3) is 0 Å². The third-order valence-corrected chi connectivity index (χ3v) is 4.67. The first-order chi connectivity index (χ1) is 7.45. The number of rotatable bonds is 6. The van der Waals surface area contributed by atoms with E-state index in [9.17, 15) is 8.42 Å². The molecule has 0 aromatic carbocycles. The molecule has 0 saturated heterocycles. The van der Waals surface area contributed by atoms with Crippen LogP contribution in [0.5, 0.6) is 0 Å². The van der Waals surface area contributed by atoms with Crippen LogP contribution in [0.3, 0.4) is 0 Å². The third kappa shape index (κ3) is 3.73. The maximum absolute atomic E-state index is 11.8. The number of nitrogens with zero attached hydrogens (tertiary/aromatic N) is 3. The van der Waals surface area contributed by atoms with Gasteiger partial charge in [-0.25, -0.2) is 13.4 Å². The maximum Gasteiger partial charge on any atom is 0.214 e. The minimum atomic E-state index is -3.29. The van der Waals surface area contributed by atoms with Gasteiger partial charge in [0, 0.05) is 12.9 Å². The van der Waals surface area contributed by atoms with Crippen molar-refractivity contribution in [1.29, 1.82) is 0 Å². The molecule has 1 N–H and O–H groups in total. The second kappa shape index (κ2) is 5.60. The number of H-pyrrole nitrogens is 1. The SMILES string of the molecule is CC(CCl)CS(=O)(=O)N(C)Cc1ncn[nH]1. The third-order valence-electron chi connectivity index (χ3n) is 2.07. The van der Waals surface area contributed by atoms with Crippen molar-refractivity contribution in [1.82, 2.24) is 19.5 Å². The molecule has 0 saturated carbocycles. The van der Waals surface area contributed by atoms with Gasteiger partial charge in [-0.05, 0) is 5.92 Å². The van der Waals surface area contributed by atoms with Crippen LogP contribution in [0.2, 0.25) is 0 Å². The summed E-state index contributed by atoms with van der Waals surface area (Å²) in [5.74, 6) is 0.824. The van der Waals surface area contributed by atoms with E-state index in [0.29, 0.717) is 11.7 Å². The van der Waals surface area contributed by atoms with Crippen LogP contribution < -0.4 is 0 Å². The number of nitrogens with one attached hydrogen (secondary N) is 1. The lowest BCUT2D eigenvalue weighted by atomic mass is 10.3. The second-order valence-electron chi connectivity index (χ2n) is 3.73. The van der Waals surface area contributed by atoms with Crippen molar-refractivity contribution < 1.29 is 8.42 Å². The van der Waals surface area contributed by atoms with Gasteiger partial charge in [0.2, 0.25) is 10.0 Å². The molecule has 0 aliphatic rings. The molecule has 92 valence electrons. The molecule has 1 atom stereocenters. The maximum atomic E-state index is 11.8. The summed E-state index contributed by atoms with van der Waals surface area (Å²) in [6, 6.07) is 0. The Morgan fingerprint density at radius 2 is 2.31 bits per heavy atom. The molecular formula is C8H15ClN4O2S. The summed E-state index contributed by atoms with van der Waals surface area (Å²) in [7, 11) is -1.77. The zero-order chi connectivity index (χ0) is 12.2. The molecular weight excluding hydrogens is 252 g/mol. The summed E-state index contributed by atoms with van der Waals surface area (Å²) in [6.07, 6.45) is 1.34. The molecule has 0 radical (unpaired) electrons. The number of alkyl halides is 1. The van der Waals surface area contributed by atoms with E-state index in [4.69, 9.17) is 11.6 Å². The minimum absolute atomic E-state index is 0.0428. The molecule has 0 spiro atoms. The highest BCUT2D eigenvalue weighted by Crippen LogP contribution is 2.09. The molecule has 8 heteroatoms. The number of halogens is 1. The molecule has 1 rings (SSSR count). The molecule has 0 fully saturated rings. The number of sulfonamides is 1. The monoisotopic (exact) mass is 266 g/mol. The van der Waals surface area contributed by atoms with Gasteiger partial charge in [-0.3, -0.25) is 5.10 Å². The van der Waals surface area contributed by atoms with Gasteiger partial charge in [-0.2, -0.15) is 9.40 Å². The second-order valence-corrected chi connectivity index (χ2v) is 6.16. The van der Waals surface area contributed by atoms with E-state index in [1.807, 2.05) is 0 Å². The predicted octanol–water partition coefficient (Wildman–Crippen LogP) is 0.441. The van der Waals surface area contributed by atoms with Crippen molar-refractivity contribution in [3.8, 4) is 0 Å². The average molecular weight is 267 g/mol. The Balaban J connectivity index is 2.62. The molecule has 0 bridgehead atoms. The summed E-state index contributed by atoms with van der Waals surface area (Å²) >= 11 is 5.59. The molecule has 0 aliphatic carbocycles. The number of hydrogen-bond acceptors (Lipinski definition) is 4. The lowest BCUT2D eigenvalue weighted by Gasteiger charge is -2.17. The lowest BCUT2D eigenvalue weighted by molar-refractivity contribution is 0.451. The van der Waals surface area contributed by atoms with Crippen molar-refractivity contribution in [2.75, 3.05) is 18.7 Å². The van der Waals surface area contributed by atoms with Crippen molar-refractivity contribution in [2.45, 2.75) is 13.5 Å². The fraction of sp³-hybridized carbons (Fsp3) is 0.750. The Morgan fingerprint density at radius 3 is 2.81 bits per heavy atom. The molecule has 16 heavy (non-hydrogen) atoms. The first-order valence-electron chi connectivity index (χ1n) is 4.80. The zero-order valence-electron chi connectivity index (χ0n) is 9.22. The van der Waals surface area contributed by atoms with Crippen molar-refractivity contribution in [2.24, 2.45) is 5.92 Å². The van der Waals surface area contributed by atoms with Gasteiger partial charge in [0.05, 0.1) is 12.3 Å². The average Bonchev–Trinajstić information content (AvgIpc) is 2.69. The van der Waals surface area contributed by atoms with Gasteiger partial charge in [0.15, 0.2) is 0 Å². The van der Waals surface area contributed by atoms with Crippen LogP contribution in [0.15, 0.2) is 6.33 Å². The molecule has 1 unspecified atom stereocenters. The van der Waals surface area contributed by atoms with Gasteiger partial charge >= 0.3 is 0 Å². The molecule has 1 heterocycles. The first-order valence-corrected chi connectivity index (χ1v) is 6.94. The summed E-state index contributed by atoms with van der Waals surface area (Å²) in [6.45, 7) is 1.99. The number of aromatic nitrogens is 3. The Kier molecular flexibility index (Phi) is 4.69.